The predicted octanol–water partition coefficient (Wildman–Crippen LogP) is 6.10. The van der Waals surface area contributed by atoms with Crippen LogP contribution in [-0.4, -0.2) is 16.8 Å². The molecule has 29 heavy (non-hydrogen) atoms. The Labute approximate surface area is 171 Å². The van der Waals surface area contributed by atoms with E-state index < -0.39 is 0 Å². The minimum atomic E-state index is 0.548. The van der Waals surface area contributed by atoms with Crippen molar-refractivity contribution in [2.45, 2.75) is 33.1 Å². The lowest BCUT2D eigenvalue weighted by Gasteiger charge is -2.08. The van der Waals surface area contributed by atoms with Gasteiger partial charge >= 0.3 is 0 Å². The lowest BCUT2D eigenvalue weighted by atomic mass is 10.0. The molecule has 3 aromatic carbocycles. The summed E-state index contributed by atoms with van der Waals surface area (Å²) in [7, 11) is 0. The molecule has 0 bridgehead atoms. The van der Waals surface area contributed by atoms with Crippen LogP contribution in [0.5, 0.6) is 5.75 Å². The fourth-order valence-electron chi connectivity index (χ4n) is 3.22. The maximum atomic E-state index is 5.87. The number of aryl methyl sites for hydroxylation is 2. The third kappa shape index (κ3) is 5.02. The molecule has 0 saturated heterocycles. The Kier molecular flexibility index (Phi) is 5.89. The molecule has 0 unspecified atom stereocenters. The van der Waals surface area contributed by atoms with Crippen LogP contribution in [0.1, 0.15) is 31.7 Å². The molecular formula is C25H26N2O2. The van der Waals surface area contributed by atoms with Crippen LogP contribution in [0.3, 0.4) is 0 Å². The zero-order valence-corrected chi connectivity index (χ0v) is 17.0. The second-order valence-electron chi connectivity index (χ2n) is 7.74. The minimum absolute atomic E-state index is 0.548. The highest BCUT2D eigenvalue weighted by Crippen LogP contribution is 2.22. The molecule has 0 N–H and O–H groups in total. The highest BCUT2D eigenvalue weighted by Gasteiger charge is 2.09. The van der Waals surface area contributed by atoms with Crippen LogP contribution in [0.2, 0.25) is 0 Å². The van der Waals surface area contributed by atoms with Crippen molar-refractivity contribution in [3.8, 4) is 17.2 Å². The molecule has 4 heteroatoms. The van der Waals surface area contributed by atoms with Crippen molar-refractivity contribution in [2.24, 2.45) is 5.92 Å². The largest absolute Gasteiger partial charge is 0.494 e. The molecule has 0 radical (unpaired) electrons. The molecule has 0 fully saturated rings. The van der Waals surface area contributed by atoms with Crippen LogP contribution in [-0.2, 0) is 12.8 Å². The van der Waals surface area contributed by atoms with Crippen LogP contribution in [0.4, 0.5) is 0 Å². The minimum Gasteiger partial charge on any atom is -0.494 e. The highest BCUT2D eigenvalue weighted by atomic mass is 16.5. The van der Waals surface area contributed by atoms with Gasteiger partial charge in [0, 0.05) is 12.0 Å². The number of hydrogen-bond acceptors (Lipinski definition) is 4. The third-order valence-electron chi connectivity index (χ3n) is 4.97. The molecule has 0 amide bonds. The van der Waals surface area contributed by atoms with E-state index in [1.165, 1.54) is 16.3 Å². The van der Waals surface area contributed by atoms with E-state index in [1.807, 2.05) is 24.3 Å². The van der Waals surface area contributed by atoms with E-state index in [4.69, 9.17) is 9.15 Å². The highest BCUT2D eigenvalue weighted by molar-refractivity contribution is 5.82. The van der Waals surface area contributed by atoms with E-state index in [1.54, 1.807) is 0 Å². The predicted molar refractivity (Wildman–Crippen MR) is 116 cm³/mol. The quantitative estimate of drug-likeness (QED) is 0.367. The second-order valence-corrected chi connectivity index (χ2v) is 7.74. The van der Waals surface area contributed by atoms with E-state index in [2.05, 4.69) is 66.5 Å². The maximum Gasteiger partial charge on any atom is 0.247 e. The fraction of sp³-hybridized carbons (Fsp3) is 0.280. The average Bonchev–Trinajstić information content (AvgIpc) is 3.21. The van der Waals surface area contributed by atoms with Gasteiger partial charge < -0.3 is 9.15 Å². The molecule has 4 aromatic rings. The van der Waals surface area contributed by atoms with Crippen molar-refractivity contribution in [1.82, 2.24) is 10.2 Å². The molecule has 1 heterocycles. The summed E-state index contributed by atoms with van der Waals surface area (Å²) in [6.07, 6.45) is 2.64. The van der Waals surface area contributed by atoms with Crippen molar-refractivity contribution < 1.29 is 9.15 Å². The van der Waals surface area contributed by atoms with Crippen LogP contribution in [0.15, 0.2) is 71.1 Å². The summed E-state index contributed by atoms with van der Waals surface area (Å²) in [5.74, 6) is 2.71. The van der Waals surface area contributed by atoms with Crippen LogP contribution < -0.4 is 4.74 Å². The Bertz CT molecular complexity index is 1070. The monoisotopic (exact) mass is 386 g/mol. The zero-order chi connectivity index (χ0) is 20.1. The van der Waals surface area contributed by atoms with Crippen molar-refractivity contribution >= 4 is 10.8 Å². The number of ether oxygens (including phenoxy) is 1. The third-order valence-corrected chi connectivity index (χ3v) is 4.97. The lowest BCUT2D eigenvalue weighted by Crippen LogP contribution is -2.01. The number of benzene rings is 3. The molecule has 0 saturated carbocycles. The van der Waals surface area contributed by atoms with Gasteiger partial charge in [0.1, 0.15) is 5.75 Å². The van der Waals surface area contributed by atoms with Crippen molar-refractivity contribution in [3.05, 3.63) is 78.2 Å². The molecule has 1 aromatic heterocycles. The van der Waals surface area contributed by atoms with E-state index >= 15 is 0 Å². The Morgan fingerprint density at radius 3 is 2.45 bits per heavy atom. The normalized spacial score (nSPS) is 11.3. The van der Waals surface area contributed by atoms with Gasteiger partial charge in [0.15, 0.2) is 0 Å². The Hall–Kier alpha value is -3.14. The number of hydrogen-bond donors (Lipinski definition) is 0. The van der Waals surface area contributed by atoms with Gasteiger partial charge in [-0.2, -0.15) is 0 Å². The fourth-order valence-corrected chi connectivity index (χ4v) is 3.22. The average molecular weight is 386 g/mol. The van der Waals surface area contributed by atoms with Gasteiger partial charge in [-0.05, 0) is 59.4 Å². The van der Waals surface area contributed by atoms with Crippen LogP contribution >= 0.6 is 0 Å². The number of aromatic nitrogens is 2. The maximum absolute atomic E-state index is 5.87. The zero-order valence-electron chi connectivity index (χ0n) is 17.0. The summed E-state index contributed by atoms with van der Waals surface area (Å²) in [5.41, 5.74) is 2.18. The lowest BCUT2D eigenvalue weighted by molar-refractivity contribution is 0.289. The summed E-state index contributed by atoms with van der Waals surface area (Å²) in [6, 6.07) is 22.8. The smallest absolute Gasteiger partial charge is 0.247 e. The van der Waals surface area contributed by atoms with Gasteiger partial charge in [0.25, 0.3) is 0 Å². The summed E-state index contributed by atoms with van der Waals surface area (Å²) in [4.78, 5) is 0. The molecule has 0 aliphatic heterocycles. The number of rotatable bonds is 8. The number of nitrogens with zero attached hydrogens (tertiary/aromatic N) is 2. The second kappa shape index (κ2) is 8.91. The Morgan fingerprint density at radius 2 is 1.66 bits per heavy atom. The number of fused-ring (bicyclic) bond motifs is 1. The first kappa shape index (κ1) is 19.2. The topological polar surface area (TPSA) is 48.2 Å². The molecule has 0 spiro atoms. The van der Waals surface area contributed by atoms with Gasteiger partial charge in [-0.15, -0.1) is 10.2 Å². The van der Waals surface area contributed by atoms with Crippen molar-refractivity contribution in [3.63, 3.8) is 0 Å². The van der Waals surface area contributed by atoms with E-state index in [0.29, 0.717) is 17.7 Å². The van der Waals surface area contributed by atoms with Gasteiger partial charge in [-0.3, -0.25) is 0 Å². The Balaban J connectivity index is 1.36. The van der Waals surface area contributed by atoms with Crippen molar-refractivity contribution in [1.29, 1.82) is 0 Å². The SMILES string of the molecule is CC(C)CCOc1ccc(-c2nnc(CCc3ccc4ccccc4c3)o2)cc1. The van der Waals surface area contributed by atoms with Gasteiger partial charge in [-0.1, -0.05) is 56.3 Å². The van der Waals surface area contributed by atoms with E-state index in [-0.39, 0.29) is 0 Å². The summed E-state index contributed by atoms with van der Waals surface area (Å²) >= 11 is 0. The van der Waals surface area contributed by atoms with Crippen molar-refractivity contribution in [2.75, 3.05) is 6.61 Å². The first-order chi connectivity index (χ1) is 14.2. The molecule has 0 atom stereocenters. The van der Waals surface area contributed by atoms with Gasteiger partial charge in [-0.25, -0.2) is 0 Å². The first-order valence-corrected chi connectivity index (χ1v) is 10.2. The summed E-state index contributed by atoms with van der Waals surface area (Å²) in [6.45, 7) is 5.12. The van der Waals surface area contributed by atoms with Gasteiger partial charge in [0.2, 0.25) is 11.8 Å². The summed E-state index contributed by atoms with van der Waals surface area (Å²) in [5, 5.41) is 10.9. The van der Waals surface area contributed by atoms with Crippen LogP contribution in [0.25, 0.3) is 22.2 Å². The van der Waals surface area contributed by atoms with E-state index in [9.17, 15) is 0 Å². The molecule has 0 aliphatic carbocycles. The van der Waals surface area contributed by atoms with Crippen LogP contribution in [0, 0.1) is 5.92 Å². The van der Waals surface area contributed by atoms with Gasteiger partial charge in [0.05, 0.1) is 6.61 Å². The molecule has 0 aliphatic rings. The standard InChI is InChI=1S/C25H26N2O2/c1-18(2)15-16-28-23-12-10-21(11-13-23)25-27-26-24(29-25)14-8-19-7-9-20-5-3-4-6-22(20)17-19/h3-7,9-13,17-18H,8,14-16H2,1-2H3. The molecule has 148 valence electrons. The summed E-state index contributed by atoms with van der Waals surface area (Å²) < 4.78 is 11.6. The first-order valence-electron chi connectivity index (χ1n) is 10.2. The molecule has 4 nitrogen and oxygen atoms in total. The molecule has 4 rings (SSSR count). The van der Waals surface area contributed by atoms with E-state index in [0.717, 1.165) is 37.2 Å². The molecular weight excluding hydrogens is 360 g/mol. The Morgan fingerprint density at radius 1 is 0.862 bits per heavy atom.